The van der Waals surface area contributed by atoms with Crippen LogP contribution in [-0.4, -0.2) is 23.5 Å². The summed E-state index contributed by atoms with van der Waals surface area (Å²) >= 11 is 0. The van der Waals surface area contributed by atoms with Crippen LogP contribution in [0.1, 0.15) is 63.5 Å². The zero-order chi connectivity index (χ0) is 15.4. The second-order valence-electron chi connectivity index (χ2n) is 6.38. The van der Waals surface area contributed by atoms with Crippen molar-refractivity contribution < 1.29 is 4.79 Å². The molecule has 0 radical (unpaired) electrons. The van der Waals surface area contributed by atoms with E-state index in [1.165, 1.54) is 12.0 Å². The van der Waals surface area contributed by atoms with Crippen LogP contribution in [0.3, 0.4) is 0 Å². The Balaban J connectivity index is 2.19. The van der Waals surface area contributed by atoms with Gasteiger partial charge in [0.2, 0.25) is 0 Å². The number of carbonyl (C=O) groups excluding carboxylic acids is 1. The van der Waals surface area contributed by atoms with Crippen molar-refractivity contribution >= 4 is 11.7 Å². The smallest absolute Gasteiger partial charge is 0.322 e. The number of likely N-dealkylation sites (tertiary alicyclic amines) is 1. The van der Waals surface area contributed by atoms with E-state index in [-0.39, 0.29) is 6.03 Å². The predicted molar refractivity (Wildman–Crippen MR) is 88.9 cm³/mol. The molecule has 116 valence electrons. The standard InChI is InChI=1S/C18H28N2O/c1-5-15-10-6-7-12-20(15)18(21)19-17-14(4)9-8-11-16(17)13(2)3/h8-9,11,13,15H,5-7,10,12H2,1-4H3,(H,19,21). The van der Waals surface area contributed by atoms with Gasteiger partial charge in [0.1, 0.15) is 0 Å². The molecule has 21 heavy (non-hydrogen) atoms. The Labute approximate surface area is 128 Å². The maximum Gasteiger partial charge on any atom is 0.322 e. The van der Waals surface area contributed by atoms with Gasteiger partial charge in [-0.05, 0) is 49.7 Å². The van der Waals surface area contributed by atoms with E-state index in [2.05, 4.69) is 51.2 Å². The van der Waals surface area contributed by atoms with E-state index < -0.39 is 0 Å². The van der Waals surface area contributed by atoms with Gasteiger partial charge in [0.25, 0.3) is 0 Å². The van der Waals surface area contributed by atoms with Gasteiger partial charge in [-0.2, -0.15) is 0 Å². The quantitative estimate of drug-likeness (QED) is 0.841. The van der Waals surface area contributed by atoms with Crippen LogP contribution in [0, 0.1) is 6.92 Å². The fourth-order valence-electron chi connectivity index (χ4n) is 3.21. The van der Waals surface area contributed by atoms with Gasteiger partial charge in [0.05, 0.1) is 0 Å². The van der Waals surface area contributed by atoms with Gasteiger partial charge in [-0.3, -0.25) is 0 Å². The third-order valence-corrected chi connectivity index (χ3v) is 4.52. The van der Waals surface area contributed by atoms with E-state index in [0.29, 0.717) is 12.0 Å². The molecule has 1 saturated heterocycles. The molecule has 1 aliphatic heterocycles. The number of urea groups is 1. The molecule has 0 spiro atoms. The number of carbonyl (C=O) groups is 1. The zero-order valence-electron chi connectivity index (χ0n) is 13.8. The number of amides is 2. The topological polar surface area (TPSA) is 32.3 Å². The van der Waals surface area contributed by atoms with Crippen LogP contribution in [0.4, 0.5) is 10.5 Å². The summed E-state index contributed by atoms with van der Waals surface area (Å²) < 4.78 is 0. The highest BCUT2D eigenvalue weighted by Gasteiger charge is 2.26. The van der Waals surface area contributed by atoms with Crippen LogP contribution in [0.25, 0.3) is 0 Å². The van der Waals surface area contributed by atoms with Gasteiger partial charge in [-0.1, -0.05) is 39.0 Å². The first kappa shape index (κ1) is 15.9. The second kappa shape index (κ2) is 6.97. The molecule has 1 aromatic rings. The first-order valence-corrected chi connectivity index (χ1v) is 8.21. The molecule has 1 unspecified atom stereocenters. The molecule has 1 aliphatic rings. The van der Waals surface area contributed by atoms with Gasteiger partial charge < -0.3 is 10.2 Å². The number of piperidine rings is 1. The summed E-state index contributed by atoms with van der Waals surface area (Å²) in [7, 11) is 0. The molecule has 1 N–H and O–H groups in total. The van der Waals surface area contributed by atoms with Crippen molar-refractivity contribution in [2.75, 3.05) is 11.9 Å². The number of para-hydroxylation sites is 1. The van der Waals surface area contributed by atoms with Crippen molar-refractivity contribution in [1.29, 1.82) is 0 Å². The molecule has 3 nitrogen and oxygen atoms in total. The number of benzene rings is 1. The van der Waals surface area contributed by atoms with E-state index in [0.717, 1.165) is 37.1 Å². The summed E-state index contributed by atoms with van der Waals surface area (Å²) in [6, 6.07) is 6.70. The lowest BCUT2D eigenvalue weighted by atomic mass is 9.98. The minimum Gasteiger partial charge on any atom is -0.322 e. The highest BCUT2D eigenvalue weighted by Crippen LogP contribution is 2.28. The minimum absolute atomic E-state index is 0.0674. The Hall–Kier alpha value is -1.51. The average Bonchev–Trinajstić information content (AvgIpc) is 2.48. The minimum atomic E-state index is 0.0674. The number of hydrogen-bond donors (Lipinski definition) is 1. The predicted octanol–water partition coefficient (Wildman–Crippen LogP) is 4.91. The maximum absolute atomic E-state index is 12.7. The Kier molecular flexibility index (Phi) is 5.27. The zero-order valence-corrected chi connectivity index (χ0v) is 13.8. The van der Waals surface area contributed by atoms with E-state index >= 15 is 0 Å². The summed E-state index contributed by atoms with van der Waals surface area (Å²) in [5.41, 5.74) is 3.35. The highest BCUT2D eigenvalue weighted by molar-refractivity contribution is 5.91. The van der Waals surface area contributed by atoms with E-state index in [1.807, 2.05) is 4.90 Å². The van der Waals surface area contributed by atoms with Gasteiger partial charge in [0.15, 0.2) is 0 Å². The molecule has 1 fully saturated rings. The largest absolute Gasteiger partial charge is 0.322 e. The van der Waals surface area contributed by atoms with Gasteiger partial charge in [0, 0.05) is 18.3 Å². The summed E-state index contributed by atoms with van der Waals surface area (Å²) in [4.78, 5) is 14.7. The van der Waals surface area contributed by atoms with Crippen LogP contribution in [0.15, 0.2) is 18.2 Å². The normalized spacial score (nSPS) is 18.9. The molecular weight excluding hydrogens is 260 g/mol. The SMILES string of the molecule is CCC1CCCCN1C(=O)Nc1c(C)cccc1C(C)C. The van der Waals surface area contributed by atoms with Crippen molar-refractivity contribution in [1.82, 2.24) is 4.90 Å². The summed E-state index contributed by atoms with van der Waals surface area (Å²) in [6.07, 6.45) is 4.53. The third kappa shape index (κ3) is 3.58. The monoisotopic (exact) mass is 288 g/mol. The summed E-state index contributed by atoms with van der Waals surface area (Å²) in [6.45, 7) is 9.45. The number of rotatable bonds is 3. The molecule has 1 aromatic carbocycles. The Bertz CT molecular complexity index is 496. The van der Waals surface area contributed by atoms with E-state index in [4.69, 9.17) is 0 Å². The molecule has 0 aliphatic carbocycles. The molecule has 0 bridgehead atoms. The van der Waals surface area contributed by atoms with Gasteiger partial charge in [-0.25, -0.2) is 4.79 Å². The lowest BCUT2D eigenvalue weighted by Gasteiger charge is -2.35. The fraction of sp³-hybridized carbons (Fsp3) is 0.611. The second-order valence-corrected chi connectivity index (χ2v) is 6.38. The van der Waals surface area contributed by atoms with Crippen molar-refractivity contribution in [2.24, 2.45) is 0 Å². The Morgan fingerprint density at radius 1 is 1.38 bits per heavy atom. The first-order valence-electron chi connectivity index (χ1n) is 8.21. The Morgan fingerprint density at radius 3 is 2.81 bits per heavy atom. The third-order valence-electron chi connectivity index (χ3n) is 4.52. The van der Waals surface area contributed by atoms with Crippen molar-refractivity contribution in [2.45, 2.75) is 65.3 Å². The van der Waals surface area contributed by atoms with Crippen LogP contribution >= 0.6 is 0 Å². The molecule has 2 amide bonds. The summed E-state index contributed by atoms with van der Waals surface area (Å²) in [5.74, 6) is 0.406. The maximum atomic E-state index is 12.7. The van der Waals surface area contributed by atoms with Crippen molar-refractivity contribution in [3.8, 4) is 0 Å². The van der Waals surface area contributed by atoms with Crippen LogP contribution in [-0.2, 0) is 0 Å². The number of nitrogens with one attached hydrogen (secondary N) is 1. The van der Waals surface area contributed by atoms with Crippen molar-refractivity contribution in [3.05, 3.63) is 29.3 Å². The lowest BCUT2D eigenvalue weighted by molar-refractivity contribution is 0.160. The Morgan fingerprint density at radius 2 is 2.14 bits per heavy atom. The number of hydrogen-bond acceptors (Lipinski definition) is 1. The summed E-state index contributed by atoms with van der Waals surface area (Å²) in [5, 5.41) is 3.18. The van der Waals surface area contributed by atoms with Crippen LogP contribution in [0.5, 0.6) is 0 Å². The van der Waals surface area contributed by atoms with Gasteiger partial charge in [-0.15, -0.1) is 0 Å². The molecule has 0 aromatic heterocycles. The first-order chi connectivity index (χ1) is 10.0. The molecule has 0 saturated carbocycles. The van der Waals surface area contributed by atoms with Gasteiger partial charge >= 0.3 is 6.03 Å². The van der Waals surface area contributed by atoms with E-state index in [9.17, 15) is 4.79 Å². The van der Waals surface area contributed by atoms with E-state index in [1.54, 1.807) is 0 Å². The average molecular weight is 288 g/mol. The number of aryl methyl sites for hydroxylation is 1. The number of nitrogens with zero attached hydrogens (tertiary/aromatic N) is 1. The van der Waals surface area contributed by atoms with Crippen LogP contribution in [0.2, 0.25) is 0 Å². The molecule has 3 heteroatoms. The number of anilines is 1. The van der Waals surface area contributed by atoms with Crippen molar-refractivity contribution in [3.63, 3.8) is 0 Å². The lowest BCUT2D eigenvalue weighted by Crippen LogP contribution is -2.45. The highest BCUT2D eigenvalue weighted by atomic mass is 16.2. The molecule has 1 heterocycles. The molecular formula is C18H28N2O. The fourth-order valence-corrected chi connectivity index (χ4v) is 3.21. The molecule has 2 rings (SSSR count). The van der Waals surface area contributed by atoms with Crippen LogP contribution < -0.4 is 5.32 Å². The molecule has 1 atom stereocenters.